The highest BCUT2D eigenvalue weighted by atomic mass is 16.5. The van der Waals surface area contributed by atoms with E-state index in [1.165, 1.54) is 36.8 Å². The molecule has 1 N–H and O–H groups in total. The van der Waals surface area contributed by atoms with Gasteiger partial charge < -0.3 is 10.1 Å². The van der Waals surface area contributed by atoms with Crippen molar-refractivity contribution in [1.29, 1.82) is 0 Å². The summed E-state index contributed by atoms with van der Waals surface area (Å²) >= 11 is 0. The van der Waals surface area contributed by atoms with Crippen LogP contribution in [0.2, 0.25) is 0 Å². The van der Waals surface area contributed by atoms with Crippen LogP contribution < -0.4 is 5.32 Å². The molecule has 1 fully saturated rings. The SMILES string of the molecule is CCCNC(CCCOC)c1ccc(C2CCC2)cc1. The summed E-state index contributed by atoms with van der Waals surface area (Å²) in [5.41, 5.74) is 2.96. The first-order chi connectivity index (χ1) is 9.85. The van der Waals surface area contributed by atoms with Crippen LogP contribution in [0.15, 0.2) is 24.3 Å². The molecule has 2 nitrogen and oxygen atoms in total. The van der Waals surface area contributed by atoms with Gasteiger partial charge in [-0.25, -0.2) is 0 Å². The van der Waals surface area contributed by atoms with Crippen LogP contribution in [0.5, 0.6) is 0 Å². The molecule has 0 amide bonds. The fourth-order valence-corrected chi connectivity index (χ4v) is 2.88. The third-order valence-electron chi connectivity index (χ3n) is 4.40. The van der Waals surface area contributed by atoms with Crippen LogP contribution in [-0.2, 0) is 4.74 Å². The van der Waals surface area contributed by atoms with Gasteiger partial charge in [0, 0.05) is 19.8 Å². The minimum Gasteiger partial charge on any atom is -0.385 e. The molecule has 1 unspecified atom stereocenters. The van der Waals surface area contributed by atoms with Crippen LogP contribution in [0.25, 0.3) is 0 Å². The van der Waals surface area contributed by atoms with Crippen LogP contribution in [0.3, 0.4) is 0 Å². The summed E-state index contributed by atoms with van der Waals surface area (Å²) in [4.78, 5) is 0. The van der Waals surface area contributed by atoms with Crippen molar-refractivity contribution >= 4 is 0 Å². The molecular weight excluding hydrogens is 246 g/mol. The molecule has 20 heavy (non-hydrogen) atoms. The molecular formula is C18H29NO. The first-order valence-electron chi connectivity index (χ1n) is 8.17. The Hall–Kier alpha value is -0.860. The molecule has 1 atom stereocenters. The highest BCUT2D eigenvalue weighted by Crippen LogP contribution is 2.36. The maximum absolute atomic E-state index is 5.18. The second-order valence-electron chi connectivity index (χ2n) is 5.94. The van der Waals surface area contributed by atoms with Crippen LogP contribution >= 0.6 is 0 Å². The van der Waals surface area contributed by atoms with Crippen molar-refractivity contribution in [3.63, 3.8) is 0 Å². The van der Waals surface area contributed by atoms with E-state index in [-0.39, 0.29) is 0 Å². The second kappa shape index (κ2) is 8.43. The first kappa shape index (κ1) is 15.5. The summed E-state index contributed by atoms with van der Waals surface area (Å²) in [7, 11) is 1.78. The predicted octanol–water partition coefficient (Wildman–Crippen LogP) is 4.42. The van der Waals surface area contributed by atoms with Gasteiger partial charge in [0.15, 0.2) is 0 Å². The second-order valence-corrected chi connectivity index (χ2v) is 5.94. The predicted molar refractivity (Wildman–Crippen MR) is 85.2 cm³/mol. The molecule has 112 valence electrons. The largest absolute Gasteiger partial charge is 0.385 e. The zero-order chi connectivity index (χ0) is 14.2. The van der Waals surface area contributed by atoms with Crippen molar-refractivity contribution in [1.82, 2.24) is 5.32 Å². The van der Waals surface area contributed by atoms with E-state index in [1.54, 1.807) is 7.11 Å². The molecule has 0 heterocycles. The maximum atomic E-state index is 5.18. The molecule has 0 spiro atoms. The summed E-state index contributed by atoms with van der Waals surface area (Å²) in [6, 6.07) is 9.81. The average molecular weight is 275 g/mol. The zero-order valence-corrected chi connectivity index (χ0v) is 13.0. The van der Waals surface area contributed by atoms with Crippen LogP contribution in [0, 0.1) is 0 Å². The monoisotopic (exact) mass is 275 g/mol. The minimum atomic E-state index is 0.473. The van der Waals surface area contributed by atoms with Gasteiger partial charge in [0.2, 0.25) is 0 Å². The summed E-state index contributed by atoms with van der Waals surface area (Å²) in [6.45, 7) is 4.16. The van der Waals surface area contributed by atoms with E-state index in [0.717, 1.165) is 31.9 Å². The molecule has 1 saturated carbocycles. The molecule has 2 heteroatoms. The number of rotatable bonds is 9. The summed E-state index contributed by atoms with van der Waals surface area (Å²) in [5.74, 6) is 0.833. The molecule has 1 aliphatic rings. The molecule has 0 bridgehead atoms. The number of hydrogen-bond acceptors (Lipinski definition) is 2. The van der Waals surface area contributed by atoms with Crippen molar-refractivity contribution in [3.8, 4) is 0 Å². The summed E-state index contributed by atoms with van der Waals surface area (Å²) in [6.07, 6.45) is 7.61. The van der Waals surface area contributed by atoms with Gasteiger partial charge >= 0.3 is 0 Å². The number of methoxy groups -OCH3 is 1. The number of benzene rings is 1. The fourth-order valence-electron chi connectivity index (χ4n) is 2.88. The Morgan fingerprint density at radius 2 is 2.00 bits per heavy atom. The van der Waals surface area contributed by atoms with Crippen molar-refractivity contribution in [2.75, 3.05) is 20.3 Å². The van der Waals surface area contributed by atoms with Gasteiger partial charge in [-0.3, -0.25) is 0 Å². The Kier molecular flexibility index (Phi) is 6.55. The lowest BCUT2D eigenvalue weighted by molar-refractivity contribution is 0.188. The third-order valence-corrected chi connectivity index (χ3v) is 4.40. The normalized spacial score (nSPS) is 16.9. The van der Waals surface area contributed by atoms with Gasteiger partial charge in [-0.2, -0.15) is 0 Å². The molecule has 1 aromatic rings. The van der Waals surface area contributed by atoms with Crippen molar-refractivity contribution in [2.45, 2.75) is 57.4 Å². The minimum absolute atomic E-state index is 0.473. The Morgan fingerprint density at radius 3 is 2.55 bits per heavy atom. The van der Waals surface area contributed by atoms with Crippen LogP contribution in [0.1, 0.15) is 68.5 Å². The fraction of sp³-hybridized carbons (Fsp3) is 0.667. The smallest absolute Gasteiger partial charge is 0.0462 e. The number of nitrogens with one attached hydrogen (secondary N) is 1. The average Bonchev–Trinajstić information content (AvgIpc) is 2.42. The lowest BCUT2D eigenvalue weighted by Crippen LogP contribution is -2.22. The first-order valence-corrected chi connectivity index (χ1v) is 8.17. The molecule has 1 aliphatic carbocycles. The van der Waals surface area contributed by atoms with Crippen molar-refractivity contribution in [3.05, 3.63) is 35.4 Å². The summed E-state index contributed by atoms with van der Waals surface area (Å²) < 4.78 is 5.18. The van der Waals surface area contributed by atoms with Gasteiger partial charge in [0.1, 0.15) is 0 Å². The Balaban J connectivity index is 1.94. The van der Waals surface area contributed by atoms with Gasteiger partial charge in [0.25, 0.3) is 0 Å². The van der Waals surface area contributed by atoms with Gasteiger partial charge in [-0.1, -0.05) is 37.6 Å². The van der Waals surface area contributed by atoms with E-state index in [0.29, 0.717) is 6.04 Å². The Morgan fingerprint density at radius 1 is 1.25 bits per heavy atom. The molecule has 0 aliphatic heterocycles. The van der Waals surface area contributed by atoms with Gasteiger partial charge in [-0.15, -0.1) is 0 Å². The van der Waals surface area contributed by atoms with E-state index in [2.05, 4.69) is 36.5 Å². The van der Waals surface area contributed by atoms with E-state index < -0.39 is 0 Å². The molecule has 0 radical (unpaired) electrons. The molecule has 0 saturated heterocycles. The molecule has 2 rings (SSSR count). The van der Waals surface area contributed by atoms with E-state index in [9.17, 15) is 0 Å². The quantitative estimate of drug-likeness (QED) is 0.674. The highest BCUT2D eigenvalue weighted by molar-refractivity contribution is 5.28. The number of ether oxygens (including phenoxy) is 1. The van der Waals surface area contributed by atoms with E-state index >= 15 is 0 Å². The Bertz CT molecular complexity index is 370. The van der Waals surface area contributed by atoms with Crippen molar-refractivity contribution in [2.24, 2.45) is 0 Å². The number of hydrogen-bond donors (Lipinski definition) is 1. The standard InChI is InChI=1S/C18H29NO/c1-3-13-19-18(8-5-14-20-2)17-11-9-16(10-12-17)15-6-4-7-15/h9-12,15,18-19H,3-8,13-14H2,1-2H3. The highest BCUT2D eigenvalue weighted by Gasteiger charge is 2.19. The van der Waals surface area contributed by atoms with Gasteiger partial charge in [-0.05, 0) is 55.7 Å². The lowest BCUT2D eigenvalue weighted by atomic mass is 9.80. The Labute approximate surface area is 123 Å². The molecule has 1 aromatic carbocycles. The maximum Gasteiger partial charge on any atom is 0.0462 e. The van der Waals surface area contributed by atoms with Crippen LogP contribution in [0.4, 0.5) is 0 Å². The third kappa shape index (κ3) is 4.32. The topological polar surface area (TPSA) is 21.3 Å². The van der Waals surface area contributed by atoms with Crippen LogP contribution in [-0.4, -0.2) is 20.3 Å². The zero-order valence-electron chi connectivity index (χ0n) is 13.0. The van der Waals surface area contributed by atoms with E-state index in [1.807, 2.05) is 0 Å². The van der Waals surface area contributed by atoms with E-state index in [4.69, 9.17) is 4.74 Å². The summed E-state index contributed by atoms with van der Waals surface area (Å²) in [5, 5.41) is 3.67. The lowest BCUT2D eigenvalue weighted by Gasteiger charge is -2.26. The van der Waals surface area contributed by atoms with Crippen molar-refractivity contribution < 1.29 is 4.74 Å². The molecule has 0 aromatic heterocycles. The van der Waals surface area contributed by atoms with Gasteiger partial charge in [0.05, 0.1) is 0 Å².